The van der Waals surface area contributed by atoms with E-state index in [4.69, 9.17) is 21.0 Å². The lowest BCUT2D eigenvalue weighted by Gasteiger charge is -2.10. The first-order valence-electron chi connectivity index (χ1n) is 11.7. The molecule has 8 heteroatoms. The van der Waals surface area contributed by atoms with Crippen LogP contribution in [0.1, 0.15) is 5.56 Å². The molecule has 0 saturated heterocycles. The third kappa shape index (κ3) is 4.95. The number of nitrogens with zero attached hydrogens (tertiary/aromatic N) is 4. The van der Waals surface area contributed by atoms with Gasteiger partial charge < -0.3 is 15.5 Å². The Morgan fingerprint density at radius 2 is 1.54 bits per heavy atom. The molecule has 1 heterocycles. The Hall–Kier alpha value is -6.09. The van der Waals surface area contributed by atoms with E-state index in [1.54, 1.807) is 24.3 Å². The van der Waals surface area contributed by atoms with Crippen LogP contribution in [0.25, 0.3) is 39.4 Å². The number of benzene rings is 3. The Kier molecular flexibility index (Phi) is 7.54. The molecule has 1 aromatic heterocycles. The van der Waals surface area contributed by atoms with E-state index in [1.165, 1.54) is 13.2 Å². The van der Waals surface area contributed by atoms with Gasteiger partial charge in [0.2, 0.25) is 0 Å². The molecular formula is C31H20N6O2. The zero-order valence-electron chi connectivity index (χ0n) is 20.8. The molecule has 0 bridgehead atoms. The Labute approximate surface area is 224 Å². The highest BCUT2D eigenvalue weighted by Crippen LogP contribution is 2.41. The number of aromatic amines is 1. The molecule has 3 aromatic carbocycles. The minimum atomic E-state index is -1.67. The van der Waals surface area contributed by atoms with Crippen LogP contribution in [0.3, 0.4) is 0 Å². The van der Waals surface area contributed by atoms with Crippen molar-refractivity contribution in [2.75, 3.05) is 7.11 Å². The number of carbonyl (C=O) groups is 1. The van der Waals surface area contributed by atoms with Gasteiger partial charge >= 0.3 is 0 Å². The van der Waals surface area contributed by atoms with Gasteiger partial charge in [-0.3, -0.25) is 4.79 Å². The van der Waals surface area contributed by atoms with Crippen LogP contribution in [0.4, 0.5) is 0 Å². The molecule has 186 valence electrons. The minimum Gasteiger partial charge on any atom is -0.496 e. The van der Waals surface area contributed by atoms with Crippen molar-refractivity contribution in [3.05, 3.63) is 95.2 Å². The Balaban J connectivity index is 1.92. The molecule has 0 aliphatic carbocycles. The lowest BCUT2D eigenvalue weighted by atomic mass is 9.92. The minimum absolute atomic E-state index is 0.379. The van der Waals surface area contributed by atoms with Gasteiger partial charge in [0.25, 0.3) is 0 Å². The quantitative estimate of drug-likeness (QED) is 0.250. The fourth-order valence-electron chi connectivity index (χ4n) is 4.29. The molecule has 4 rings (SSSR count). The largest absolute Gasteiger partial charge is 0.496 e. The fraction of sp³-hybridized carbons (Fsp3) is 0.0645. The van der Waals surface area contributed by atoms with Crippen LogP contribution in [0.15, 0.2) is 89.6 Å². The van der Waals surface area contributed by atoms with Gasteiger partial charge in [-0.1, -0.05) is 60.7 Å². The number of nitrogens with one attached hydrogen (secondary N) is 1. The molecule has 0 amide bonds. The van der Waals surface area contributed by atoms with Gasteiger partial charge in [0.15, 0.2) is 11.7 Å². The van der Waals surface area contributed by atoms with Gasteiger partial charge in [0.05, 0.1) is 30.1 Å². The number of fused-ring (bicyclic) bond motifs is 1. The van der Waals surface area contributed by atoms with Gasteiger partial charge in [-0.2, -0.15) is 21.0 Å². The van der Waals surface area contributed by atoms with E-state index in [2.05, 4.69) is 4.98 Å². The number of H-pyrrole nitrogens is 1. The first-order chi connectivity index (χ1) is 19.0. The molecule has 39 heavy (non-hydrogen) atoms. The average Bonchev–Trinajstić information content (AvgIpc) is 3.35. The average molecular weight is 509 g/mol. The van der Waals surface area contributed by atoms with Crippen LogP contribution in [0, 0.1) is 51.2 Å². The molecule has 1 atom stereocenters. The second-order valence-electron chi connectivity index (χ2n) is 8.40. The smallest absolute Gasteiger partial charge is 0.196 e. The fourth-order valence-corrected chi connectivity index (χ4v) is 4.29. The number of hydrogen-bond donors (Lipinski definition) is 2. The number of Topliss-reactive ketones (excluding diaryl/α,β-unsaturated/α-hetero) is 1. The molecule has 0 aliphatic heterocycles. The molecule has 0 saturated carbocycles. The molecular weight excluding hydrogens is 488 g/mol. The van der Waals surface area contributed by atoms with Crippen LogP contribution in [-0.2, 0) is 4.79 Å². The number of allylic oxidation sites excluding steroid dienone is 3. The van der Waals surface area contributed by atoms with Crippen LogP contribution in [-0.4, -0.2) is 17.9 Å². The van der Waals surface area contributed by atoms with E-state index in [9.17, 15) is 15.3 Å². The number of aromatic nitrogens is 1. The van der Waals surface area contributed by atoms with Gasteiger partial charge in [0.1, 0.15) is 29.5 Å². The van der Waals surface area contributed by atoms with E-state index < -0.39 is 23.0 Å². The predicted molar refractivity (Wildman–Crippen MR) is 146 cm³/mol. The summed E-state index contributed by atoms with van der Waals surface area (Å²) in [6.45, 7) is 0. The molecule has 8 nitrogen and oxygen atoms in total. The van der Waals surface area contributed by atoms with Crippen LogP contribution in [0.2, 0.25) is 0 Å². The highest BCUT2D eigenvalue weighted by Gasteiger charge is 2.27. The maximum atomic E-state index is 13.1. The van der Waals surface area contributed by atoms with Gasteiger partial charge in [-0.15, -0.1) is 0 Å². The monoisotopic (exact) mass is 508 g/mol. The van der Waals surface area contributed by atoms with Gasteiger partial charge in [-0.05, 0) is 29.3 Å². The number of nitriles is 4. The zero-order valence-corrected chi connectivity index (χ0v) is 20.8. The van der Waals surface area contributed by atoms with E-state index in [0.717, 1.165) is 33.3 Å². The topological polar surface area (TPSA) is 163 Å². The number of nitrogens with two attached hydrogens (primary N) is 1. The first kappa shape index (κ1) is 26.0. The highest BCUT2D eigenvalue weighted by molar-refractivity contribution is 6.09. The molecule has 0 spiro atoms. The maximum Gasteiger partial charge on any atom is 0.196 e. The van der Waals surface area contributed by atoms with Gasteiger partial charge in [0, 0.05) is 22.0 Å². The van der Waals surface area contributed by atoms with Crippen molar-refractivity contribution in [1.29, 1.82) is 21.0 Å². The van der Waals surface area contributed by atoms with Crippen molar-refractivity contribution >= 4 is 22.8 Å². The van der Waals surface area contributed by atoms with Crippen molar-refractivity contribution in [3.8, 4) is 52.4 Å². The molecule has 1 unspecified atom stereocenters. The third-order valence-corrected chi connectivity index (χ3v) is 6.17. The van der Waals surface area contributed by atoms with Gasteiger partial charge in [-0.25, -0.2) is 0 Å². The summed E-state index contributed by atoms with van der Waals surface area (Å²) in [4.78, 5) is 16.6. The number of methoxy groups -OCH3 is 1. The van der Waals surface area contributed by atoms with Crippen molar-refractivity contribution in [3.63, 3.8) is 0 Å². The lowest BCUT2D eigenvalue weighted by Crippen LogP contribution is -2.23. The van der Waals surface area contributed by atoms with Crippen LogP contribution in [0.5, 0.6) is 5.75 Å². The summed E-state index contributed by atoms with van der Waals surface area (Å²) in [5.74, 6) is -2.20. The summed E-state index contributed by atoms with van der Waals surface area (Å²) in [5, 5.41) is 38.3. The van der Waals surface area contributed by atoms with Crippen molar-refractivity contribution in [2.45, 2.75) is 0 Å². The predicted octanol–water partition coefficient (Wildman–Crippen LogP) is 5.39. The molecule has 0 aliphatic rings. The molecule has 0 fully saturated rings. The van der Waals surface area contributed by atoms with Crippen molar-refractivity contribution < 1.29 is 9.53 Å². The number of rotatable bonds is 7. The molecule has 3 N–H and O–H groups in total. The standard InChI is InChI=1S/C31H20N6O2/c1-39-27-14-24-26(37-30(20-10-6-3-7-11-20)28(24)19-8-4-2-5-9-19)13-21(27)12-22(15-32)31(38)25(18-35)29(36)23(16-33)17-34/h2-14,25,37H,36H2,1H3/b22-12+. The number of ether oxygens (including phenoxy) is 1. The van der Waals surface area contributed by atoms with E-state index in [-0.39, 0.29) is 5.57 Å². The summed E-state index contributed by atoms with van der Waals surface area (Å²) >= 11 is 0. The SMILES string of the molecule is COc1cc2c(-c3ccccc3)c(-c3ccccc3)[nH]c2cc1/C=C(\C#N)C(=O)C(C#N)C(N)=C(C#N)C#N. The summed E-state index contributed by atoms with van der Waals surface area (Å²) in [7, 11) is 1.48. The summed E-state index contributed by atoms with van der Waals surface area (Å²) in [6.07, 6.45) is 1.31. The first-order valence-corrected chi connectivity index (χ1v) is 11.7. The number of hydrogen-bond acceptors (Lipinski definition) is 7. The number of carbonyl (C=O) groups excluding carboxylic acids is 1. The van der Waals surface area contributed by atoms with Crippen molar-refractivity contribution in [1.82, 2.24) is 4.98 Å². The van der Waals surface area contributed by atoms with Crippen LogP contribution >= 0.6 is 0 Å². The molecule has 4 aromatic rings. The summed E-state index contributed by atoms with van der Waals surface area (Å²) in [5.41, 5.74) is 9.29. The van der Waals surface area contributed by atoms with Crippen molar-refractivity contribution in [2.24, 2.45) is 11.7 Å². The second kappa shape index (κ2) is 11.3. The number of ketones is 1. The lowest BCUT2D eigenvalue weighted by molar-refractivity contribution is -0.116. The maximum absolute atomic E-state index is 13.1. The normalized spacial score (nSPS) is 11.4. The Morgan fingerprint density at radius 1 is 0.923 bits per heavy atom. The Morgan fingerprint density at radius 3 is 2.08 bits per heavy atom. The van der Waals surface area contributed by atoms with E-state index >= 15 is 0 Å². The third-order valence-electron chi connectivity index (χ3n) is 6.17. The van der Waals surface area contributed by atoms with E-state index in [1.807, 2.05) is 72.8 Å². The van der Waals surface area contributed by atoms with E-state index in [0.29, 0.717) is 11.3 Å². The summed E-state index contributed by atoms with van der Waals surface area (Å²) < 4.78 is 5.63. The highest BCUT2D eigenvalue weighted by atomic mass is 16.5. The Bertz CT molecular complexity index is 1790. The summed E-state index contributed by atoms with van der Waals surface area (Å²) in [6, 6.07) is 29.9. The zero-order chi connectivity index (χ0) is 27.9. The van der Waals surface area contributed by atoms with Crippen LogP contribution < -0.4 is 10.5 Å². The molecule has 0 radical (unpaired) electrons. The second-order valence-corrected chi connectivity index (χ2v) is 8.40.